The minimum atomic E-state index is -0.946. The van der Waals surface area contributed by atoms with Crippen LogP contribution in [-0.2, 0) is 6.54 Å². The summed E-state index contributed by atoms with van der Waals surface area (Å²) in [7, 11) is 0. The summed E-state index contributed by atoms with van der Waals surface area (Å²) in [5.74, 6) is -1.88. The molecule has 3 aromatic heterocycles. The minimum Gasteiger partial charge on any atom is -0.290 e. The van der Waals surface area contributed by atoms with E-state index in [1.54, 1.807) is 12.3 Å². The van der Waals surface area contributed by atoms with Gasteiger partial charge in [-0.1, -0.05) is 18.2 Å². The van der Waals surface area contributed by atoms with Crippen molar-refractivity contribution in [2.45, 2.75) is 13.5 Å². The summed E-state index contributed by atoms with van der Waals surface area (Å²) >= 11 is 0. The number of nitrogens with zero attached hydrogens (tertiary/aromatic N) is 3. The number of halogens is 2. The number of aromatic amines is 1. The van der Waals surface area contributed by atoms with Crippen molar-refractivity contribution in [2.75, 3.05) is 0 Å². The Morgan fingerprint density at radius 3 is 2.81 bits per heavy atom. The van der Waals surface area contributed by atoms with E-state index in [1.807, 2.05) is 19.1 Å². The van der Waals surface area contributed by atoms with E-state index in [1.165, 1.54) is 22.9 Å². The molecule has 0 saturated carbocycles. The Morgan fingerprint density at radius 2 is 2.00 bits per heavy atom. The van der Waals surface area contributed by atoms with Gasteiger partial charge in [0.1, 0.15) is 0 Å². The van der Waals surface area contributed by atoms with Gasteiger partial charge in [-0.25, -0.2) is 18.6 Å². The Kier molecular flexibility index (Phi) is 3.84. The number of H-pyrrole nitrogens is 1. The second-order valence-electron chi connectivity index (χ2n) is 5.98. The molecule has 0 fully saturated rings. The quantitative estimate of drug-likeness (QED) is 0.614. The molecule has 130 valence electrons. The number of fused-ring (bicyclic) bond motifs is 1. The van der Waals surface area contributed by atoms with E-state index in [-0.39, 0.29) is 17.8 Å². The summed E-state index contributed by atoms with van der Waals surface area (Å²) < 4.78 is 29.1. The molecule has 0 spiro atoms. The van der Waals surface area contributed by atoms with Gasteiger partial charge in [-0.05, 0) is 30.7 Å². The monoisotopic (exact) mass is 352 g/mol. The van der Waals surface area contributed by atoms with E-state index >= 15 is 0 Å². The third-order valence-electron chi connectivity index (χ3n) is 4.32. The average Bonchev–Trinajstić information content (AvgIpc) is 2.94. The second-order valence-corrected chi connectivity index (χ2v) is 5.98. The van der Waals surface area contributed by atoms with Crippen molar-refractivity contribution >= 4 is 11.2 Å². The van der Waals surface area contributed by atoms with Crippen molar-refractivity contribution in [1.82, 2.24) is 19.5 Å². The molecule has 1 N–H and O–H groups in total. The number of aryl methyl sites for hydroxylation is 1. The first-order valence-corrected chi connectivity index (χ1v) is 7.98. The minimum absolute atomic E-state index is 0.0913. The van der Waals surface area contributed by atoms with Crippen molar-refractivity contribution in [3.05, 3.63) is 82.2 Å². The van der Waals surface area contributed by atoms with E-state index in [2.05, 4.69) is 15.0 Å². The molecule has 0 aliphatic rings. The Hall–Kier alpha value is -3.35. The summed E-state index contributed by atoms with van der Waals surface area (Å²) in [4.78, 5) is 23.5. The Labute approximate surface area is 147 Å². The van der Waals surface area contributed by atoms with Crippen LogP contribution in [0.5, 0.6) is 0 Å². The molecule has 7 heteroatoms. The van der Waals surface area contributed by atoms with E-state index in [0.29, 0.717) is 16.7 Å². The van der Waals surface area contributed by atoms with Crippen molar-refractivity contribution in [1.29, 1.82) is 0 Å². The largest absolute Gasteiger partial charge is 0.328 e. The number of hydrogen-bond acceptors (Lipinski definition) is 3. The number of hydrogen-bond donors (Lipinski definition) is 1. The highest BCUT2D eigenvalue weighted by molar-refractivity contribution is 5.78. The number of nitrogens with one attached hydrogen (secondary N) is 1. The van der Waals surface area contributed by atoms with Crippen LogP contribution < -0.4 is 5.69 Å². The first-order valence-electron chi connectivity index (χ1n) is 7.98. The molecule has 0 saturated heterocycles. The molecule has 0 bridgehead atoms. The first kappa shape index (κ1) is 16.1. The van der Waals surface area contributed by atoms with Crippen molar-refractivity contribution in [3.63, 3.8) is 0 Å². The maximum absolute atomic E-state index is 14.1. The van der Waals surface area contributed by atoms with Crippen LogP contribution in [0.25, 0.3) is 22.3 Å². The molecular formula is C19H14F2N4O. The van der Waals surface area contributed by atoms with Crippen LogP contribution in [0.2, 0.25) is 0 Å². The molecule has 1 aromatic carbocycles. The summed E-state index contributed by atoms with van der Waals surface area (Å²) in [5, 5.41) is 0. The normalized spacial score (nSPS) is 11.2. The van der Waals surface area contributed by atoms with Crippen molar-refractivity contribution < 1.29 is 8.78 Å². The highest BCUT2D eigenvalue weighted by Gasteiger charge is 2.14. The molecule has 26 heavy (non-hydrogen) atoms. The summed E-state index contributed by atoms with van der Waals surface area (Å²) in [6.07, 6.45) is 3.07. The third-order valence-corrected chi connectivity index (χ3v) is 4.32. The molecule has 0 aliphatic heterocycles. The lowest BCUT2D eigenvalue weighted by atomic mass is 10.1. The predicted octanol–water partition coefficient (Wildman–Crippen LogP) is 3.42. The molecule has 0 unspecified atom stereocenters. The van der Waals surface area contributed by atoms with Crippen molar-refractivity contribution in [2.24, 2.45) is 0 Å². The fourth-order valence-corrected chi connectivity index (χ4v) is 2.90. The van der Waals surface area contributed by atoms with Gasteiger partial charge in [0.05, 0.1) is 17.8 Å². The van der Waals surface area contributed by atoms with Gasteiger partial charge in [0.15, 0.2) is 17.3 Å². The smallest absolute Gasteiger partial charge is 0.290 e. The zero-order valence-corrected chi connectivity index (χ0v) is 13.8. The van der Waals surface area contributed by atoms with Gasteiger partial charge in [0, 0.05) is 23.5 Å². The van der Waals surface area contributed by atoms with Gasteiger partial charge in [-0.15, -0.1) is 0 Å². The maximum Gasteiger partial charge on any atom is 0.328 e. The average molecular weight is 352 g/mol. The summed E-state index contributed by atoms with van der Waals surface area (Å²) in [5.41, 5.74) is 2.72. The van der Waals surface area contributed by atoms with E-state index in [0.717, 1.165) is 17.3 Å². The Morgan fingerprint density at radius 1 is 1.15 bits per heavy atom. The first-order chi connectivity index (χ1) is 12.5. The van der Waals surface area contributed by atoms with Crippen LogP contribution in [0.1, 0.15) is 11.3 Å². The summed E-state index contributed by atoms with van der Waals surface area (Å²) in [6, 6.07) is 9.31. The SMILES string of the molecule is Cc1cccnc1Cn1c(=O)[nH]c2ncc(-c3cccc(F)c3F)cc21. The van der Waals surface area contributed by atoms with E-state index in [4.69, 9.17) is 0 Å². The zero-order valence-electron chi connectivity index (χ0n) is 13.8. The molecule has 3 heterocycles. The molecule has 0 radical (unpaired) electrons. The Bertz CT molecular complexity index is 1180. The van der Waals surface area contributed by atoms with Gasteiger partial charge >= 0.3 is 5.69 Å². The fourth-order valence-electron chi connectivity index (χ4n) is 2.90. The lowest BCUT2D eigenvalue weighted by Gasteiger charge is -2.07. The second kappa shape index (κ2) is 6.18. The van der Waals surface area contributed by atoms with Gasteiger partial charge in [-0.2, -0.15) is 0 Å². The molecule has 0 amide bonds. The third kappa shape index (κ3) is 2.67. The van der Waals surface area contributed by atoms with Gasteiger partial charge in [-0.3, -0.25) is 14.5 Å². The van der Waals surface area contributed by atoms with Crippen molar-refractivity contribution in [3.8, 4) is 11.1 Å². The van der Waals surface area contributed by atoms with Crippen LogP contribution in [0.3, 0.4) is 0 Å². The maximum atomic E-state index is 14.1. The van der Waals surface area contributed by atoms with Gasteiger partial charge in [0.25, 0.3) is 0 Å². The number of imidazole rings is 1. The zero-order chi connectivity index (χ0) is 18.3. The number of pyridine rings is 2. The standard InChI is InChI=1S/C19H14F2N4O/c1-11-4-3-7-22-15(11)10-25-16-8-12(9-23-18(16)24-19(25)26)13-5-2-6-14(20)17(13)21/h2-9H,10H2,1H3,(H,23,24,26). The van der Waals surface area contributed by atoms with Gasteiger partial charge < -0.3 is 0 Å². The predicted molar refractivity (Wildman–Crippen MR) is 93.8 cm³/mol. The van der Waals surface area contributed by atoms with Crippen LogP contribution in [-0.4, -0.2) is 19.5 Å². The number of benzene rings is 1. The molecular weight excluding hydrogens is 338 g/mol. The molecule has 4 aromatic rings. The number of rotatable bonds is 3. The molecule has 5 nitrogen and oxygen atoms in total. The highest BCUT2D eigenvalue weighted by Crippen LogP contribution is 2.26. The molecule has 4 rings (SSSR count). The Balaban J connectivity index is 1.87. The van der Waals surface area contributed by atoms with Crippen LogP contribution in [0.4, 0.5) is 8.78 Å². The molecule has 0 atom stereocenters. The highest BCUT2D eigenvalue weighted by atomic mass is 19.2. The molecule has 0 aliphatic carbocycles. The van der Waals surface area contributed by atoms with Crippen LogP contribution in [0, 0.1) is 18.6 Å². The van der Waals surface area contributed by atoms with Crippen LogP contribution >= 0.6 is 0 Å². The van der Waals surface area contributed by atoms with Gasteiger partial charge in [0.2, 0.25) is 0 Å². The fraction of sp³-hybridized carbons (Fsp3) is 0.105. The lowest BCUT2D eigenvalue weighted by molar-refractivity contribution is 0.511. The van der Waals surface area contributed by atoms with Crippen LogP contribution in [0.15, 0.2) is 53.6 Å². The van der Waals surface area contributed by atoms with E-state index < -0.39 is 11.6 Å². The topological polar surface area (TPSA) is 63.6 Å². The lowest BCUT2D eigenvalue weighted by Crippen LogP contribution is -2.18. The number of aromatic nitrogens is 4. The van der Waals surface area contributed by atoms with E-state index in [9.17, 15) is 13.6 Å². The summed E-state index contributed by atoms with van der Waals surface area (Å²) in [6.45, 7) is 2.16.